The van der Waals surface area contributed by atoms with Gasteiger partial charge in [0.2, 0.25) is 17.7 Å². The Labute approximate surface area is 371 Å². The highest BCUT2D eigenvalue weighted by Crippen LogP contribution is 2.36. The molecule has 4 aromatic rings. The van der Waals surface area contributed by atoms with Crippen molar-refractivity contribution in [1.82, 2.24) is 30.0 Å². The number of halogens is 2. The first kappa shape index (κ1) is 45.6. The van der Waals surface area contributed by atoms with Crippen molar-refractivity contribution in [2.45, 2.75) is 30.2 Å². The molecule has 0 saturated carbocycles. The average molecular weight is 908 g/mol. The first-order valence-corrected chi connectivity index (χ1v) is 21.9. The molecule has 1 aromatic heterocycles. The van der Waals surface area contributed by atoms with E-state index in [1.807, 2.05) is 6.07 Å². The number of fused-ring (bicyclic) bond motifs is 2. The van der Waals surface area contributed by atoms with Crippen LogP contribution in [0.3, 0.4) is 0 Å². The summed E-state index contributed by atoms with van der Waals surface area (Å²) in [6.45, 7) is 5.49. The van der Waals surface area contributed by atoms with Crippen molar-refractivity contribution >= 4 is 75.3 Å². The van der Waals surface area contributed by atoms with E-state index in [1.165, 1.54) is 30.2 Å². The Morgan fingerprint density at radius 3 is 2.46 bits per heavy atom. The molecule has 20 heteroatoms. The number of rotatable bonds is 21. The predicted molar refractivity (Wildman–Crippen MR) is 230 cm³/mol. The van der Waals surface area contributed by atoms with E-state index in [2.05, 4.69) is 25.5 Å². The number of hydrogen-bond donors (Lipinski definition) is 2. The quantitative estimate of drug-likeness (QED) is 0.0682. The second-order valence-electron chi connectivity index (χ2n) is 14.7. The molecular weight excluding hydrogens is 861 g/mol. The summed E-state index contributed by atoms with van der Waals surface area (Å²) in [4.78, 5) is 77.4. The molecule has 4 heterocycles. The third kappa shape index (κ3) is 11.4. The van der Waals surface area contributed by atoms with Crippen LogP contribution >= 0.6 is 23.4 Å². The number of methoxy groups -OCH3 is 1. The Bertz CT molecular complexity index is 2340. The third-order valence-electron chi connectivity index (χ3n) is 10.6. The Kier molecular flexibility index (Phi) is 15.7. The van der Waals surface area contributed by atoms with Crippen molar-refractivity contribution < 1.29 is 52.0 Å². The summed E-state index contributed by atoms with van der Waals surface area (Å²) >= 11 is 7.34. The summed E-state index contributed by atoms with van der Waals surface area (Å²) in [6, 6.07) is 11.9. The fourth-order valence-corrected chi connectivity index (χ4v) is 8.46. The summed E-state index contributed by atoms with van der Waals surface area (Å²) in [5.74, 6) is -0.628. The number of imide groups is 2. The van der Waals surface area contributed by atoms with Gasteiger partial charge in [-0.05, 0) is 49.2 Å². The van der Waals surface area contributed by atoms with E-state index < -0.39 is 35.5 Å². The number of carbonyl (C=O) groups excluding carboxylic acids is 5. The standard InChI is InChI=1S/C43H47ClFN7O10S/c1-58-34-24-32-29(40(47-26-46-32)48-27-6-7-31(45)30(44)22-27)23-35(34)62-15-3-10-50-11-13-51(14-12-50)38(54)25-61-19-18-59-16-17-60-20-21-63-36-5-2-4-28-39(36)43(57)52(42(28)56)33-8-9-37(53)49-41(33)55/h2,4-7,22-24,26,33H,3,8-21,25H2,1H3,(H,46,47,48)(H,49,53,55). The van der Waals surface area contributed by atoms with Crippen molar-refractivity contribution in [3.05, 3.63) is 76.8 Å². The molecule has 2 saturated heterocycles. The highest BCUT2D eigenvalue weighted by atomic mass is 35.5. The smallest absolute Gasteiger partial charge is 0.263 e. The van der Waals surface area contributed by atoms with Crippen LogP contribution in [0.4, 0.5) is 15.9 Å². The van der Waals surface area contributed by atoms with Crippen molar-refractivity contribution in [1.29, 1.82) is 0 Å². The number of piperidine rings is 1. The van der Waals surface area contributed by atoms with Crippen LogP contribution in [0.25, 0.3) is 10.9 Å². The number of thioether (sulfide) groups is 1. The Morgan fingerprint density at radius 2 is 1.70 bits per heavy atom. The molecule has 3 aliphatic rings. The molecule has 334 valence electrons. The van der Waals surface area contributed by atoms with Gasteiger partial charge in [0.05, 0.1) is 68.4 Å². The molecule has 0 aliphatic carbocycles. The number of anilines is 2. The molecule has 2 N–H and O–H groups in total. The van der Waals surface area contributed by atoms with Crippen molar-refractivity contribution in [3.63, 3.8) is 0 Å². The Balaban J connectivity index is 0.728. The molecule has 7 rings (SSSR count). The first-order valence-electron chi connectivity index (χ1n) is 20.5. The van der Waals surface area contributed by atoms with Crippen LogP contribution < -0.4 is 20.1 Å². The molecule has 0 bridgehead atoms. The highest BCUT2D eigenvalue weighted by Gasteiger charge is 2.45. The normalized spacial score (nSPS) is 16.7. The number of piperazine rings is 1. The lowest BCUT2D eigenvalue weighted by atomic mass is 10.0. The first-order chi connectivity index (χ1) is 30.6. The van der Waals surface area contributed by atoms with Gasteiger partial charge >= 0.3 is 0 Å². The number of ether oxygens (including phenoxy) is 5. The van der Waals surface area contributed by atoms with E-state index in [9.17, 15) is 28.4 Å². The molecule has 3 aliphatic heterocycles. The summed E-state index contributed by atoms with van der Waals surface area (Å²) in [7, 11) is 1.57. The molecule has 5 amide bonds. The zero-order valence-electron chi connectivity index (χ0n) is 34.6. The minimum absolute atomic E-state index is 0.00363. The van der Waals surface area contributed by atoms with Gasteiger partial charge in [0.25, 0.3) is 11.8 Å². The number of carbonyl (C=O) groups is 5. The van der Waals surface area contributed by atoms with Crippen LogP contribution in [0.1, 0.15) is 40.0 Å². The number of nitrogens with one attached hydrogen (secondary N) is 2. The van der Waals surface area contributed by atoms with Gasteiger partial charge in [-0.3, -0.25) is 39.1 Å². The van der Waals surface area contributed by atoms with Crippen LogP contribution in [0.5, 0.6) is 11.5 Å². The number of nitrogens with zero attached hydrogens (tertiary/aromatic N) is 5. The fourth-order valence-electron chi connectivity index (χ4n) is 7.34. The summed E-state index contributed by atoms with van der Waals surface area (Å²) in [5, 5.41) is 6.07. The Hall–Kier alpha value is -5.44. The van der Waals surface area contributed by atoms with E-state index in [0.29, 0.717) is 90.7 Å². The highest BCUT2D eigenvalue weighted by molar-refractivity contribution is 7.99. The van der Waals surface area contributed by atoms with Gasteiger partial charge in [-0.25, -0.2) is 14.4 Å². The van der Waals surface area contributed by atoms with Gasteiger partial charge in [0, 0.05) is 66.9 Å². The molecule has 1 atom stereocenters. The topological polar surface area (TPSA) is 191 Å². The summed E-state index contributed by atoms with van der Waals surface area (Å²) in [6.07, 6.45) is 2.34. The summed E-state index contributed by atoms with van der Waals surface area (Å²) in [5.41, 5.74) is 1.72. The van der Waals surface area contributed by atoms with Crippen LogP contribution in [0.15, 0.2) is 59.8 Å². The van der Waals surface area contributed by atoms with Crippen LogP contribution in [0, 0.1) is 5.82 Å². The third-order valence-corrected chi connectivity index (χ3v) is 11.9. The largest absolute Gasteiger partial charge is 0.493 e. The van der Waals surface area contributed by atoms with E-state index >= 15 is 0 Å². The SMILES string of the molecule is COc1cc2ncnc(Nc3ccc(F)c(Cl)c3)c2cc1OCCCN1CCN(C(=O)COCCOCCOCCSc2cccc3c2C(=O)N(C2CCC(=O)NC2=O)C3=O)CC1. The van der Waals surface area contributed by atoms with Gasteiger partial charge in [-0.15, -0.1) is 11.8 Å². The number of hydrogen-bond acceptors (Lipinski definition) is 15. The number of benzene rings is 3. The summed E-state index contributed by atoms with van der Waals surface area (Å²) < 4.78 is 42.2. The van der Waals surface area contributed by atoms with E-state index in [-0.39, 0.29) is 48.1 Å². The van der Waals surface area contributed by atoms with Gasteiger partial charge in [0.15, 0.2) is 11.5 Å². The van der Waals surface area contributed by atoms with Gasteiger partial charge in [0.1, 0.15) is 30.6 Å². The van der Waals surface area contributed by atoms with Crippen LogP contribution in [-0.4, -0.2) is 152 Å². The zero-order chi connectivity index (χ0) is 44.3. The molecule has 17 nitrogen and oxygen atoms in total. The van der Waals surface area contributed by atoms with Gasteiger partial charge in [-0.2, -0.15) is 0 Å². The molecule has 1 unspecified atom stereocenters. The van der Waals surface area contributed by atoms with Gasteiger partial charge < -0.3 is 33.9 Å². The van der Waals surface area contributed by atoms with E-state index in [1.54, 1.807) is 42.3 Å². The van der Waals surface area contributed by atoms with Crippen LogP contribution in [-0.2, 0) is 28.6 Å². The maximum Gasteiger partial charge on any atom is 0.263 e. The number of amides is 5. The van der Waals surface area contributed by atoms with Crippen molar-refractivity contribution in [3.8, 4) is 11.5 Å². The predicted octanol–water partition coefficient (Wildman–Crippen LogP) is 4.33. The molecular formula is C43H47ClFN7O10S. The minimum atomic E-state index is -1.01. The second-order valence-corrected chi connectivity index (χ2v) is 16.2. The average Bonchev–Trinajstić information content (AvgIpc) is 3.54. The lowest BCUT2D eigenvalue weighted by Crippen LogP contribution is -2.54. The van der Waals surface area contributed by atoms with E-state index in [0.717, 1.165) is 31.0 Å². The second kappa shape index (κ2) is 21.8. The fraction of sp³-hybridized carbons (Fsp3) is 0.419. The minimum Gasteiger partial charge on any atom is -0.493 e. The molecule has 2 fully saturated rings. The molecule has 63 heavy (non-hydrogen) atoms. The molecule has 0 radical (unpaired) electrons. The zero-order valence-corrected chi connectivity index (χ0v) is 36.1. The lowest BCUT2D eigenvalue weighted by molar-refractivity contribution is -0.138. The van der Waals surface area contributed by atoms with Crippen LogP contribution in [0.2, 0.25) is 5.02 Å². The van der Waals surface area contributed by atoms with Crippen molar-refractivity contribution in [2.75, 3.05) is 97.2 Å². The maximum absolute atomic E-state index is 13.7. The molecule has 0 spiro atoms. The van der Waals surface area contributed by atoms with Gasteiger partial charge in [-0.1, -0.05) is 17.7 Å². The van der Waals surface area contributed by atoms with E-state index in [4.69, 9.17) is 35.3 Å². The number of aromatic nitrogens is 2. The molecule has 3 aromatic carbocycles. The monoisotopic (exact) mass is 907 g/mol. The Morgan fingerprint density at radius 1 is 0.921 bits per heavy atom. The maximum atomic E-state index is 13.7. The lowest BCUT2D eigenvalue weighted by Gasteiger charge is -2.34. The van der Waals surface area contributed by atoms with Crippen molar-refractivity contribution in [2.24, 2.45) is 0 Å².